The van der Waals surface area contributed by atoms with Gasteiger partial charge in [-0.25, -0.2) is 0 Å². The molecule has 1 N–H and O–H groups in total. The molecule has 0 aliphatic heterocycles. The summed E-state index contributed by atoms with van der Waals surface area (Å²) in [6, 6.07) is 6.06. The van der Waals surface area contributed by atoms with Gasteiger partial charge in [0.15, 0.2) is 0 Å². The van der Waals surface area contributed by atoms with Crippen molar-refractivity contribution >= 4 is 27.5 Å². The largest absolute Gasteiger partial charge is 0.319 e. The summed E-state index contributed by atoms with van der Waals surface area (Å²) in [6.45, 7) is 3.17. The first kappa shape index (κ1) is 11.0. The number of nitrogens with one attached hydrogen (secondary N) is 1. The van der Waals surface area contributed by atoms with Crippen LogP contribution in [-0.2, 0) is 0 Å². The Morgan fingerprint density at radius 2 is 2.23 bits per heavy atom. The van der Waals surface area contributed by atoms with Crippen LogP contribution in [0.3, 0.4) is 0 Å². The van der Waals surface area contributed by atoms with Gasteiger partial charge in [0.05, 0.1) is 5.02 Å². The van der Waals surface area contributed by atoms with E-state index in [0.29, 0.717) is 5.92 Å². The second-order valence-corrected chi connectivity index (χ2v) is 4.39. The minimum Gasteiger partial charge on any atom is -0.319 e. The normalized spacial score (nSPS) is 12.9. The molecule has 13 heavy (non-hydrogen) atoms. The monoisotopic (exact) mass is 261 g/mol. The van der Waals surface area contributed by atoms with Gasteiger partial charge in [-0.15, -0.1) is 0 Å². The third-order valence-electron chi connectivity index (χ3n) is 2.02. The lowest BCUT2D eigenvalue weighted by molar-refractivity contribution is 0.677. The predicted molar refractivity (Wildman–Crippen MR) is 61.5 cm³/mol. The van der Waals surface area contributed by atoms with Gasteiger partial charge in [-0.2, -0.15) is 0 Å². The van der Waals surface area contributed by atoms with Crippen LogP contribution >= 0.6 is 27.5 Å². The molecule has 1 aromatic rings. The van der Waals surface area contributed by atoms with Gasteiger partial charge in [0.1, 0.15) is 0 Å². The summed E-state index contributed by atoms with van der Waals surface area (Å²) < 4.78 is 0.967. The topological polar surface area (TPSA) is 12.0 Å². The average Bonchev–Trinajstić information content (AvgIpc) is 2.10. The van der Waals surface area contributed by atoms with E-state index in [9.17, 15) is 0 Å². The number of hydrogen-bond donors (Lipinski definition) is 1. The summed E-state index contributed by atoms with van der Waals surface area (Å²) >= 11 is 9.31. The standard InChI is InChI=1S/C10H13BrClN/c1-7(6-13-2)8-3-4-10(12)9(11)5-8/h3-5,7,13H,6H2,1-2H3. The maximum absolute atomic E-state index is 5.90. The fourth-order valence-electron chi connectivity index (χ4n) is 1.24. The van der Waals surface area contributed by atoms with Crippen molar-refractivity contribution in [2.24, 2.45) is 0 Å². The fourth-order valence-corrected chi connectivity index (χ4v) is 1.76. The molecule has 1 nitrogen and oxygen atoms in total. The van der Waals surface area contributed by atoms with Crippen LogP contribution in [0, 0.1) is 0 Å². The van der Waals surface area contributed by atoms with Crippen molar-refractivity contribution in [2.75, 3.05) is 13.6 Å². The molecule has 0 bridgehead atoms. The fraction of sp³-hybridized carbons (Fsp3) is 0.400. The van der Waals surface area contributed by atoms with Gasteiger partial charge in [0, 0.05) is 11.0 Å². The molecule has 0 heterocycles. The zero-order valence-electron chi connectivity index (χ0n) is 7.77. The van der Waals surface area contributed by atoms with E-state index in [2.05, 4.69) is 40.3 Å². The van der Waals surface area contributed by atoms with Gasteiger partial charge in [0.2, 0.25) is 0 Å². The van der Waals surface area contributed by atoms with Crippen LogP contribution in [-0.4, -0.2) is 13.6 Å². The predicted octanol–water partition coefficient (Wildman–Crippen LogP) is 3.43. The Morgan fingerprint density at radius 1 is 1.54 bits per heavy atom. The molecule has 1 atom stereocenters. The lowest BCUT2D eigenvalue weighted by atomic mass is 10.0. The van der Waals surface area contributed by atoms with Gasteiger partial charge in [-0.3, -0.25) is 0 Å². The highest BCUT2D eigenvalue weighted by Gasteiger charge is 2.05. The first-order valence-corrected chi connectivity index (χ1v) is 5.41. The van der Waals surface area contributed by atoms with Gasteiger partial charge < -0.3 is 5.32 Å². The Balaban J connectivity index is 2.84. The number of rotatable bonds is 3. The highest BCUT2D eigenvalue weighted by atomic mass is 79.9. The lowest BCUT2D eigenvalue weighted by Gasteiger charge is -2.11. The number of halogens is 2. The van der Waals surface area contributed by atoms with E-state index in [1.54, 1.807) is 0 Å². The highest BCUT2D eigenvalue weighted by molar-refractivity contribution is 9.10. The summed E-state index contributed by atoms with van der Waals surface area (Å²) in [4.78, 5) is 0. The molecule has 1 unspecified atom stereocenters. The molecule has 0 saturated carbocycles. The van der Waals surface area contributed by atoms with Crippen LogP contribution in [0.15, 0.2) is 22.7 Å². The van der Waals surface area contributed by atoms with Crippen molar-refractivity contribution < 1.29 is 0 Å². The average molecular weight is 263 g/mol. The van der Waals surface area contributed by atoms with Crippen molar-refractivity contribution in [1.29, 1.82) is 0 Å². The minimum absolute atomic E-state index is 0.513. The quantitative estimate of drug-likeness (QED) is 0.880. The number of hydrogen-bond acceptors (Lipinski definition) is 1. The maximum atomic E-state index is 5.90. The first-order chi connectivity index (χ1) is 6.15. The second-order valence-electron chi connectivity index (χ2n) is 3.13. The van der Waals surface area contributed by atoms with Gasteiger partial charge in [0.25, 0.3) is 0 Å². The molecule has 1 rings (SSSR count). The third kappa shape index (κ3) is 2.97. The van der Waals surface area contributed by atoms with Crippen LogP contribution in [0.5, 0.6) is 0 Å². The third-order valence-corrected chi connectivity index (χ3v) is 3.24. The lowest BCUT2D eigenvalue weighted by Crippen LogP contribution is -2.14. The van der Waals surface area contributed by atoms with Crippen LogP contribution in [0.25, 0.3) is 0 Å². The summed E-state index contributed by atoms with van der Waals surface area (Å²) in [6.07, 6.45) is 0. The molecular formula is C10H13BrClN. The molecule has 0 spiro atoms. The van der Waals surface area contributed by atoms with E-state index in [1.165, 1.54) is 5.56 Å². The zero-order valence-corrected chi connectivity index (χ0v) is 10.1. The molecule has 0 fully saturated rings. The number of benzene rings is 1. The molecule has 72 valence electrons. The van der Waals surface area contributed by atoms with Crippen molar-refractivity contribution in [1.82, 2.24) is 5.32 Å². The van der Waals surface area contributed by atoms with E-state index >= 15 is 0 Å². The smallest absolute Gasteiger partial charge is 0.0548 e. The molecule has 0 amide bonds. The maximum Gasteiger partial charge on any atom is 0.0548 e. The molecule has 1 aromatic carbocycles. The van der Waals surface area contributed by atoms with Crippen LogP contribution in [0.4, 0.5) is 0 Å². The molecule has 0 aliphatic rings. The first-order valence-electron chi connectivity index (χ1n) is 4.24. The zero-order chi connectivity index (χ0) is 9.84. The summed E-state index contributed by atoms with van der Waals surface area (Å²) in [5.41, 5.74) is 1.30. The van der Waals surface area contributed by atoms with Gasteiger partial charge >= 0.3 is 0 Å². The Morgan fingerprint density at radius 3 is 2.77 bits per heavy atom. The van der Waals surface area contributed by atoms with E-state index < -0.39 is 0 Å². The summed E-state index contributed by atoms with van der Waals surface area (Å²) in [7, 11) is 1.96. The van der Waals surface area contributed by atoms with Crippen LogP contribution < -0.4 is 5.32 Å². The van der Waals surface area contributed by atoms with E-state index in [4.69, 9.17) is 11.6 Å². The Labute approximate surface area is 92.6 Å². The summed E-state index contributed by atoms with van der Waals surface area (Å²) in [5, 5.41) is 3.92. The van der Waals surface area contributed by atoms with Gasteiger partial charge in [-0.05, 0) is 46.6 Å². The second kappa shape index (κ2) is 4.99. The number of likely N-dealkylation sites (N-methyl/N-ethyl adjacent to an activating group) is 1. The van der Waals surface area contributed by atoms with Crippen LogP contribution in [0.2, 0.25) is 5.02 Å². The molecule has 0 aromatic heterocycles. The molecule has 3 heteroatoms. The van der Waals surface area contributed by atoms with E-state index in [1.807, 2.05) is 13.1 Å². The molecular weight excluding hydrogens is 249 g/mol. The SMILES string of the molecule is CNCC(C)c1ccc(Cl)c(Br)c1. The Hall–Kier alpha value is -0.0500. The Kier molecular flexibility index (Phi) is 4.23. The van der Waals surface area contributed by atoms with Crippen LogP contribution in [0.1, 0.15) is 18.4 Å². The van der Waals surface area contributed by atoms with Crippen molar-refractivity contribution in [2.45, 2.75) is 12.8 Å². The van der Waals surface area contributed by atoms with Crippen molar-refractivity contribution in [3.05, 3.63) is 33.3 Å². The van der Waals surface area contributed by atoms with E-state index in [0.717, 1.165) is 16.0 Å². The molecule has 0 radical (unpaired) electrons. The van der Waals surface area contributed by atoms with E-state index in [-0.39, 0.29) is 0 Å². The van der Waals surface area contributed by atoms with Gasteiger partial charge in [-0.1, -0.05) is 24.6 Å². The Bertz CT molecular complexity index is 288. The minimum atomic E-state index is 0.513. The molecule has 0 saturated heterocycles. The molecule has 0 aliphatic carbocycles. The van der Waals surface area contributed by atoms with Crippen molar-refractivity contribution in [3.8, 4) is 0 Å². The highest BCUT2D eigenvalue weighted by Crippen LogP contribution is 2.26. The van der Waals surface area contributed by atoms with Crippen molar-refractivity contribution in [3.63, 3.8) is 0 Å². The summed E-state index contributed by atoms with van der Waals surface area (Å²) in [5.74, 6) is 0.513.